The fraction of sp³-hybridized carbons (Fsp3) is 0.182. The maximum absolute atomic E-state index is 14.4. The molecule has 7 heteroatoms. The average molecular weight is 414 g/mol. The van der Waals surface area contributed by atoms with Crippen molar-refractivity contribution in [2.45, 2.75) is 27.4 Å². The number of hydrogen-bond donors (Lipinski definition) is 0. The number of aromatic nitrogens is 1. The number of hydrogen-bond acceptors (Lipinski definition) is 5. The zero-order valence-corrected chi connectivity index (χ0v) is 16.8. The van der Waals surface area contributed by atoms with E-state index in [1.807, 2.05) is 13.8 Å². The molecule has 0 amide bonds. The van der Waals surface area contributed by atoms with Gasteiger partial charge in [-0.15, -0.1) is 0 Å². The van der Waals surface area contributed by atoms with Crippen molar-refractivity contribution in [3.8, 4) is 16.9 Å². The highest BCUT2D eigenvalue weighted by atomic mass is 35.5. The molecule has 2 aromatic carbocycles. The van der Waals surface area contributed by atoms with Gasteiger partial charge in [-0.3, -0.25) is 4.79 Å². The van der Waals surface area contributed by atoms with Gasteiger partial charge in [0.25, 0.3) is 0 Å². The van der Waals surface area contributed by atoms with E-state index in [9.17, 15) is 9.18 Å². The van der Waals surface area contributed by atoms with Gasteiger partial charge in [-0.2, -0.15) is 0 Å². The summed E-state index contributed by atoms with van der Waals surface area (Å²) >= 11 is 6.15. The summed E-state index contributed by atoms with van der Waals surface area (Å²) in [4.78, 5) is 13.1. The lowest BCUT2D eigenvalue weighted by atomic mass is 10.0. The minimum Gasteiger partial charge on any atom is -0.489 e. The molecular formula is C22H17ClFNO4. The van der Waals surface area contributed by atoms with Crippen LogP contribution in [0.2, 0.25) is 5.02 Å². The summed E-state index contributed by atoms with van der Waals surface area (Å²) in [5.41, 5.74) is 1.78. The van der Waals surface area contributed by atoms with Gasteiger partial charge >= 0.3 is 0 Å². The lowest BCUT2D eigenvalue weighted by molar-refractivity contribution is 0.301. The van der Waals surface area contributed by atoms with Crippen molar-refractivity contribution in [3.63, 3.8) is 0 Å². The largest absolute Gasteiger partial charge is 0.489 e. The summed E-state index contributed by atoms with van der Waals surface area (Å²) < 4.78 is 31.1. The van der Waals surface area contributed by atoms with E-state index in [0.717, 1.165) is 11.3 Å². The molecule has 0 unspecified atom stereocenters. The summed E-state index contributed by atoms with van der Waals surface area (Å²) in [6, 6.07) is 9.18. The van der Waals surface area contributed by atoms with Crippen LogP contribution in [0.1, 0.15) is 22.8 Å². The minimum atomic E-state index is -0.577. The highest BCUT2D eigenvalue weighted by Gasteiger charge is 2.20. The quantitative estimate of drug-likeness (QED) is 0.426. The Morgan fingerprint density at radius 2 is 1.90 bits per heavy atom. The fourth-order valence-electron chi connectivity index (χ4n) is 3.26. The van der Waals surface area contributed by atoms with Crippen LogP contribution in [-0.2, 0) is 6.61 Å². The molecule has 0 aliphatic rings. The Kier molecular flexibility index (Phi) is 4.88. The van der Waals surface area contributed by atoms with Gasteiger partial charge in [0.15, 0.2) is 0 Å². The Morgan fingerprint density at radius 1 is 1.10 bits per heavy atom. The van der Waals surface area contributed by atoms with Crippen molar-refractivity contribution in [1.82, 2.24) is 5.16 Å². The molecule has 0 fully saturated rings. The second-order valence-corrected chi connectivity index (χ2v) is 7.12. The van der Waals surface area contributed by atoms with E-state index in [1.54, 1.807) is 25.1 Å². The standard InChI is InChI=1S/C22H17ClFNO4/c1-11-16(12(2)29-25-11)10-27-14-7-8-15-19(9-14)28-13(3)20(22(15)26)21-17(23)5-4-6-18(21)24/h4-9H,10H2,1-3H3. The minimum absolute atomic E-state index is 0.0426. The molecule has 0 bridgehead atoms. The van der Waals surface area contributed by atoms with Gasteiger partial charge in [-0.05, 0) is 45.0 Å². The van der Waals surface area contributed by atoms with Gasteiger partial charge in [-0.1, -0.05) is 22.8 Å². The Bertz CT molecular complexity index is 1250. The van der Waals surface area contributed by atoms with Crippen molar-refractivity contribution in [3.05, 3.63) is 80.2 Å². The lowest BCUT2D eigenvalue weighted by Gasteiger charge is -2.11. The van der Waals surface area contributed by atoms with Crippen molar-refractivity contribution in [1.29, 1.82) is 0 Å². The van der Waals surface area contributed by atoms with Crippen LogP contribution in [0.3, 0.4) is 0 Å². The van der Waals surface area contributed by atoms with Crippen LogP contribution in [0.5, 0.6) is 5.75 Å². The maximum atomic E-state index is 14.4. The van der Waals surface area contributed by atoms with Gasteiger partial charge in [0.2, 0.25) is 5.43 Å². The van der Waals surface area contributed by atoms with Crippen molar-refractivity contribution < 1.29 is 18.1 Å². The zero-order valence-electron chi connectivity index (χ0n) is 16.0. The second kappa shape index (κ2) is 7.37. The first-order valence-electron chi connectivity index (χ1n) is 8.93. The third kappa shape index (κ3) is 3.40. The summed E-state index contributed by atoms with van der Waals surface area (Å²) in [5, 5.41) is 4.36. The Labute approximate surface area is 170 Å². The number of fused-ring (bicyclic) bond motifs is 1. The monoisotopic (exact) mass is 413 g/mol. The average Bonchev–Trinajstić information content (AvgIpc) is 3.00. The van der Waals surface area contributed by atoms with E-state index < -0.39 is 5.82 Å². The second-order valence-electron chi connectivity index (χ2n) is 6.71. The molecule has 5 nitrogen and oxygen atoms in total. The zero-order chi connectivity index (χ0) is 20.7. The first kappa shape index (κ1) is 19.2. The van der Waals surface area contributed by atoms with Crippen molar-refractivity contribution >= 4 is 22.6 Å². The molecule has 2 aromatic heterocycles. The van der Waals surface area contributed by atoms with Crippen molar-refractivity contribution in [2.24, 2.45) is 0 Å². The SMILES string of the molecule is Cc1noc(C)c1COc1ccc2c(=O)c(-c3c(F)cccc3Cl)c(C)oc2c1. The Hall–Kier alpha value is -3.12. The third-order valence-electron chi connectivity index (χ3n) is 4.82. The summed E-state index contributed by atoms with van der Waals surface area (Å²) in [7, 11) is 0. The predicted octanol–water partition coefficient (Wildman–Crippen LogP) is 5.74. The van der Waals surface area contributed by atoms with E-state index >= 15 is 0 Å². The number of nitrogens with zero attached hydrogens (tertiary/aromatic N) is 1. The molecule has 4 aromatic rings. The number of benzene rings is 2. The van der Waals surface area contributed by atoms with Crippen LogP contribution in [0, 0.1) is 26.6 Å². The molecule has 4 rings (SSSR count). The Morgan fingerprint density at radius 3 is 2.59 bits per heavy atom. The van der Waals surface area contributed by atoms with Gasteiger partial charge in [0.1, 0.15) is 35.3 Å². The molecule has 29 heavy (non-hydrogen) atoms. The van der Waals surface area contributed by atoms with Crippen LogP contribution in [0.25, 0.3) is 22.1 Å². The smallest absolute Gasteiger partial charge is 0.200 e. The lowest BCUT2D eigenvalue weighted by Crippen LogP contribution is -2.09. The molecule has 0 radical (unpaired) electrons. The molecule has 148 valence electrons. The number of halogens is 2. The molecular weight excluding hydrogens is 397 g/mol. The third-order valence-corrected chi connectivity index (χ3v) is 5.13. The topological polar surface area (TPSA) is 65.5 Å². The van der Waals surface area contributed by atoms with Crippen molar-refractivity contribution in [2.75, 3.05) is 0 Å². The van der Waals surface area contributed by atoms with Crippen LogP contribution in [0.4, 0.5) is 4.39 Å². The van der Waals surface area contributed by atoms with E-state index in [0.29, 0.717) is 22.5 Å². The molecule has 0 saturated heterocycles. The molecule has 0 aliphatic heterocycles. The molecule has 0 atom stereocenters. The highest BCUT2D eigenvalue weighted by molar-refractivity contribution is 6.33. The fourth-order valence-corrected chi connectivity index (χ4v) is 3.52. The van der Waals surface area contributed by atoms with E-state index in [1.165, 1.54) is 18.2 Å². The number of aryl methyl sites for hydroxylation is 3. The van der Waals surface area contributed by atoms with E-state index in [4.69, 9.17) is 25.3 Å². The van der Waals surface area contributed by atoms with Gasteiger partial charge in [0, 0.05) is 11.6 Å². The normalized spacial score (nSPS) is 11.2. The van der Waals surface area contributed by atoms with E-state index in [-0.39, 0.29) is 33.9 Å². The number of ether oxygens (including phenoxy) is 1. The summed E-state index contributed by atoms with van der Waals surface area (Å²) in [6.07, 6.45) is 0. The highest BCUT2D eigenvalue weighted by Crippen LogP contribution is 2.33. The molecule has 0 spiro atoms. The molecule has 0 N–H and O–H groups in total. The number of rotatable bonds is 4. The van der Waals surface area contributed by atoms with Crippen LogP contribution >= 0.6 is 11.6 Å². The molecule has 2 heterocycles. The van der Waals surface area contributed by atoms with Crippen LogP contribution in [-0.4, -0.2) is 5.16 Å². The van der Waals surface area contributed by atoms with Crippen LogP contribution in [0.15, 0.2) is 50.1 Å². The van der Waals surface area contributed by atoms with Gasteiger partial charge in [-0.25, -0.2) is 4.39 Å². The molecule has 0 saturated carbocycles. The van der Waals surface area contributed by atoms with Crippen LogP contribution < -0.4 is 10.2 Å². The van der Waals surface area contributed by atoms with Gasteiger partial charge < -0.3 is 13.7 Å². The van der Waals surface area contributed by atoms with Gasteiger partial charge in [0.05, 0.1) is 27.2 Å². The predicted molar refractivity (Wildman–Crippen MR) is 108 cm³/mol. The Balaban J connectivity index is 1.75. The summed E-state index contributed by atoms with van der Waals surface area (Å²) in [5.74, 6) is 0.915. The summed E-state index contributed by atoms with van der Waals surface area (Å²) in [6.45, 7) is 5.54. The maximum Gasteiger partial charge on any atom is 0.200 e. The molecule has 0 aliphatic carbocycles. The van der Waals surface area contributed by atoms with E-state index in [2.05, 4.69) is 5.16 Å². The first-order valence-corrected chi connectivity index (χ1v) is 9.31. The first-order chi connectivity index (χ1) is 13.9.